The summed E-state index contributed by atoms with van der Waals surface area (Å²) in [6, 6.07) is 19.2. The van der Waals surface area contributed by atoms with Crippen LogP contribution in [-0.4, -0.2) is 48.0 Å². The van der Waals surface area contributed by atoms with Gasteiger partial charge in [0.05, 0.1) is 37.2 Å². The molecule has 4 aromatic rings. The smallest absolute Gasteiger partial charge is 0.254 e. The van der Waals surface area contributed by atoms with Gasteiger partial charge in [0.25, 0.3) is 5.91 Å². The second-order valence-corrected chi connectivity index (χ2v) is 8.46. The third-order valence-corrected chi connectivity index (χ3v) is 5.99. The zero-order valence-corrected chi connectivity index (χ0v) is 21.5. The van der Waals surface area contributed by atoms with Crippen LogP contribution in [0.2, 0.25) is 0 Å². The average Bonchev–Trinajstić information content (AvgIpc) is 3.29. The number of methoxy groups -OCH3 is 2. The molecule has 0 fully saturated rings. The van der Waals surface area contributed by atoms with Crippen molar-refractivity contribution in [2.75, 3.05) is 27.4 Å². The number of nitrogens with zero attached hydrogens (tertiary/aromatic N) is 3. The molecule has 1 aromatic heterocycles. The van der Waals surface area contributed by atoms with Crippen molar-refractivity contribution in [2.24, 2.45) is 0 Å². The highest BCUT2D eigenvalue weighted by molar-refractivity contribution is 5.94. The van der Waals surface area contributed by atoms with Crippen LogP contribution in [0.4, 0.5) is 8.78 Å². The molecule has 4 rings (SSSR count). The van der Waals surface area contributed by atoms with E-state index in [1.165, 1.54) is 6.07 Å². The van der Waals surface area contributed by atoms with Gasteiger partial charge in [-0.25, -0.2) is 13.5 Å². The Morgan fingerprint density at radius 2 is 1.74 bits per heavy atom. The first kappa shape index (κ1) is 26.8. The predicted molar refractivity (Wildman–Crippen MR) is 139 cm³/mol. The SMILES string of the molecule is CCc1nn(-c2ccc(OC)cc2)c(Oc2ccc(F)cc2F)c1CN(CCOC)C(=O)c1ccccc1. The molecule has 0 spiro atoms. The lowest BCUT2D eigenvalue weighted by Gasteiger charge is -2.23. The Morgan fingerprint density at radius 3 is 2.37 bits per heavy atom. The molecule has 9 heteroatoms. The maximum Gasteiger partial charge on any atom is 0.254 e. The van der Waals surface area contributed by atoms with E-state index in [1.54, 1.807) is 72.3 Å². The third kappa shape index (κ3) is 6.00. The van der Waals surface area contributed by atoms with E-state index >= 15 is 0 Å². The Kier molecular flexibility index (Phi) is 8.70. The van der Waals surface area contributed by atoms with Crippen molar-refractivity contribution in [1.29, 1.82) is 0 Å². The first-order valence-electron chi connectivity index (χ1n) is 12.2. The standard InChI is InChI=1S/C29H29F2N3O4/c1-4-26-24(19-33(16-17-36-2)28(35)20-8-6-5-7-9-20)29(38-27-15-10-21(30)18-25(27)31)34(32-26)22-11-13-23(37-3)14-12-22/h5-15,18H,4,16-17,19H2,1-3H3. The number of aryl methyl sites for hydroxylation is 1. The van der Waals surface area contributed by atoms with Gasteiger partial charge in [-0.05, 0) is 55.0 Å². The number of carbonyl (C=O) groups is 1. The zero-order valence-electron chi connectivity index (χ0n) is 21.5. The molecule has 1 amide bonds. The van der Waals surface area contributed by atoms with Gasteiger partial charge in [-0.15, -0.1) is 0 Å². The van der Waals surface area contributed by atoms with E-state index in [-0.39, 0.29) is 24.1 Å². The summed E-state index contributed by atoms with van der Waals surface area (Å²) in [5, 5.41) is 4.75. The summed E-state index contributed by atoms with van der Waals surface area (Å²) >= 11 is 0. The van der Waals surface area contributed by atoms with E-state index < -0.39 is 11.6 Å². The molecule has 0 N–H and O–H groups in total. The van der Waals surface area contributed by atoms with Crippen LogP contribution in [0.25, 0.3) is 5.69 Å². The van der Waals surface area contributed by atoms with E-state index in [2.05, 4.69) is 0 Å². The third-order valence-electron chi connectivity index (χ3n) is 5.99. The number of hydrogen-bond acceptors (Lipinski definition) is 5. The molecular weight excluding hydrogens is 492 g/mol. The van der Waals surface area contributed by atoms with Crippen LogP contribution in [-0.2, 0) is 17.7 Å². The quantitative estimate of drug-likeness (QED) is 0.250. The monoisotopic (exact) mass is 521 g/mol. The van der Waals surface area contributed by atoms with Gasteiger partial charge in [0.15, 0.2) is 11.6 Å². The molecule has 198 valence electrons. The summed E-state index contributed by atoms with van der Waals surface area (Å²) in [4.78, 5) is 15.1. The Hall–Kier alpha value is -4.24. The molecule has 0 saturated carbocycles. The summed E-state index contributed by atoms with van der Waals surface area (Å²) in [6.07, 6.45) is 0.526. The summed E-state index contributed by atoms with van der Waals surface area (Å²) in [7, 11) is 3.14. The first-order chi connectivity index (χ1) is 18.4. The van der Waals surface area contributed by atoms with Crippen molar-refractivity contribution >= 4 is 5.91 Å². The van der Waals surface area contributed by atoms with Gasteiger partial charge in [-0.1, -0.05) is 25.1 Å². The van der Waals surface area contributed by atoms with Crippen molar-refractivity contribution in [3.63, 3.8) is 0 Å². The van der Waals surface area contributed by atoms with Gasteiger partial charge in [-0.3, -0.25) is 4.79 Å². The van der Waals surface area contributed by atoms with Crippen molar-refractivity contribution in [3.8, 4) is 23.1 Å². The van der Waals surface area contributed by atoms with Crippen molar-refractivity contribution in [1.82, 2.24) is 14.7 Å². The highest BCUT2D eigenvalue weighted by Gasteiger charge is 2.26. The molecule has 0 aliphatic rings. The molecule has 3 aromatic carbocycles. The predicted octanol–water partition coefficient (Wildman–Crippen LogP) is 5.80. The van der Waals surface area contributed by atoms with E-state index in [0.29, 0.717) is 47.8 Å². The van der Waals surface area contributed by atoms with Gasteiger partial charge in [0.2, 0.25) is 5.88 Å². The fourth-order valence-electron chi connectivity index (χ4n) is 3.99. The molecular formula is C29H29F2N3O4. The average molecular weight is 522 g/mol. The molecule has 0 unspecified atom stereocenters. The lowest BCUT2D eigenvalue weighted by Crippen LogP contribution is -2.33. The fourth-order valence-corrected chi connectivity index (χ4v) is 3.99. The molecule has 0 aliphatic heterocycles. The maximum atomic E-state index is 14.7. The van der Waals surface area contributed by atoms with Crippen LogP contribution >= 0.6 is 0 Å². The molecule has 0 bridgehead atoms. The summed E-state index contributed by atoms with van der Waals surface area (Å²) < 4.78 is 46.4. The minimum absolute atomic E-state index is 0.133. The van der Waals surface area contributed by atoms with Crippen LogP contribution in [0.15, 0.2) is 72.8 Å². The molecule has 0 aliphatic carbocycles. The lowest BCUT2D eigenvalue weighted by atomic mass is 10.1. The lowest BCUT2D eigenvalue weighted by molar-refractivity contribution is 0.0679. The van der Waals surface area contributed by atoms with Crippen LogP contribution in [0.1, 0.15) is 28.5 Å². The second kappa shape index (κ2) is 12.3. The number of ether oxygens (including phenoxy) is 3. The zero-order chi connectivity index (χ0) is 27.1. The van der Waals surface area contributed by atoms with Gasteiger partial charge in [0, 0.05) is 25.3 Å². The van der Waals surface area contributed by atoms with Gasteiger partial charge in [0.1, 0.15) is 11.6 Å². The number of halogens is 2. The Labute approximate surface area is 220 Å². The Morgan fingerprint density at radius 1 is 1.00 bits per heavy atom. The molecule has 0 atom stereocenters. The second-order valence-electron chi connectivity index (χ2n) is 8.46. The Balaban J connectivity index is 1.82. The number of aromatic nitrogens is 2. The number of benzene rings is 3. The van der Waals surface area contributed by atoms with Crippen LogP contribution in [0.3, 0.4) is 0 Å². The van der Waals surface area contributed by atoms with Crippen LogP contribution < -0.4 is 9.47 Å². The van der Waals surface area contributed by atoms with E-state index in [0.717, 1.165) is 12.1 Å². The molecule has 0 saturated heterocycles. The minimum Gasteiger partial charge on any atom is -0.497 e. The van der Waals surface area contributed by atoms with Crippen molar-refractivity contribution < 1.29 is 27.8 Å². The highest BCUT2D eigenvalue weighted by atomic mass is 19.1. The number of rotatable bonds is 11. The van der Waals surface area contributed by atoms with Gasteiger partial charge < -0.3 is 19.1 Å². The largest absolute Gasteiger partial charge is 0.497 e. The topological polar surface area (TPSA) is 65.8 Å². The van der Waals surface area contributed by atoms with Crippen LogP contribution in [0, 0.1) is 11.6 Å². The molecule has 38 heavy (non-hydrogen) atoms. The number of hydrogen-bond donors (Lipinski definition) is 0. The first-order valence-corrected chi connectivity index (χ1v) is 12.2. The highest BCUT2D eigenvalue weighted by Crippen LogP contribution is 2.34. The number of amides is 1. The fraction of sp³-hybridized carbons (Fsp3) is 0.241. The molecule has 7 nitrogen and oxygen atoms in total. The molecule has 1 heterocycles. The van der Waals surface area contributed by atoms with Gasteiger partial charge >= 0.3 is 0 Å². The van der Waals surface area contributed by atoms with E-state index in [4.69, 9.17) is 19.3 Å². The molecule has 0 radical (unpaired) electrons. The minimum atomic E-state index is -0.854. The summed E-state index contributed by atoms with van der Waals surface area (Å²) in [5.41, 5.74) is 2.44. The van der Waals surface area contributed by atoms with Crippen molar-refractivity contribution in [3.05, 3.63) is 101 Å². The number of carbonyl (C=O) groups excluding carboxylic acids is 1. The van der Waals surface area contributed by atoms with Crippen LogP contribution in [0.5, 0.6) is 17.4 Å². The van der Waals surface area contributed by atoms with Crippen molar-refractivity contribution in [2.45, 2.75) is 19.9 Å². The summed E-state index contributed by atoms with van der Waals surface area (Å²) in [6.45, 7) is 2.69. The Bertz CT molecular complexity index is 1370. The normalized spacial score (nSPS) is 10.9. The van der Waals surface area contributed by atoms with E-state index in [1.807, 2.05) is 13.0 Å². The maximum absolute atomic E-state index is 14.7. The van der Waals surface area contributed by atoms with Gasteiger partial charge in [-0.2, -0.15) is 5.10 Å². The summed E-state index contributed by atoms with van der Waals surface area (Å²) in [5.74, 6) is -1.05. The van der Waals surface area contributed by atoms with E-state index in [9.17, 15) is 13.6 Å².